The molecule has 0 spiro atoms. The van der Waals surface area contributed by atoms with E-state index in [4.69, 9.17) is 23.2 Å². The van der Waals surface area contributed by atoms with E-state index in [1.807, 2.05) is 0 Å². The van der Waals surface area contributed by atoms with Gasteiger partial charge in [0.25, 0.3) is 0 Å². The summed E-state index contributed by atoms with van der Waals surface area (Å²) in [5.74, 6) is -0.298. The van der Waals surface area contributed by atoms with Crippen LogP contribution in [0.3, 0.4) is 0 Å². The van der Waals surface area contributed by atoms with Crippen LogP contribution in [-0.2, 0) is 0 Å². The molecule has 0 saturated heterocycles. The van der Waals surface area contributed by atoms with Crippen LogP contribution < -0.4 is 0 Å². The van der Waals surface area contributed by atoms with E-state index in [9.17, 15) is 4.39 Å². The fourth-order valence-corrected chi connectivity index (χ4v) is 1.73. The van der Waals surface area contributed by atoms with E-state index in [1.165, 1.54) is 12.1 Å². The summed E-state index contributed by atoms with van der Waals surface area (Å²) < 4.78 is 12.8. The Balaban J connectivity index is 2.59. The molecular weight excluding hydrogens is 250 g/mol. The zero-order chi connectivity index (χ0) is 11.7. The highest BCUT2D eigenvalue weighted by Crippen LogP contribution is 2.26. The van der Waals surface area contributed by atoms with E-state index >= 15 is 0 Å². The molecule has 2 aromatic rings. The second-order valence-electron chi connectivity index (χ2n) is 3.26. The first-order chi connectivity index (χ1) is 7.58. The molecule has 0 atom stereocenters. The summed E-state index contributed by atoms with van der Waals surface area (Å²) in [6.45, 7) is 1.79. The van der Waals surface area contributed by atoms with Crippen molar-refractivity contribution < 1.29 is 4.39 Å². The van der Waals surface area contributed by atoms with Crippen molar-refractivity contribution in [2.24, 2.45) is 0 Å². The van der Waals surface area contributed by atoms with Crippen molar-refractivity contribution in [1.29, 1.82) is 0 Å². The Morgan fingerprint density at radius 2 is 1.69 bits per heavy atom. The molecule has 0 amide bonds. The van der Waals surface area contributed by atoms with Gasteiger partial charge < -0.3 is 0 Å². The van der Waals surface area contributed by atoms with E-state index in [1.54, 1.807) is 19.1 Å². The molecule has 0 aliphatic carbocycles. The van der Waals surface area contributed by atoms with Crippen molar-refractivity contribution in [2.45, 2.75) is 6.92 Å². The third-order valence-corrected chi connectivity index (χ3v) is 2.71. The molecule has 1 aromatic carbocycles. The van der Waals surface area contributed by atoms with E-state index in [-0.39, 0.29) is 11.1 Å². The van der Waals surface area contributed by atoms with Crippen LogP contribution in [-0.4, -0.2) is 9.97 Å². The number of hydrogen-bond acceptors (Lipinski definition) is 2. The van der Waals surface area contributed by atoms with Crippen LogP contribution in [0, 0.1) is 12.7 Å². The van der Waals surface area contributed by atoms with Gasteiger partial charge in [-0.25, -0.2) is 14.4 Å². The quantitative estimate of drug-likeness (QED) is 0.572. The van der Waals surface area contributed by atoms with Gasteiger partial charge in [-0.2, -0.15) is 0 Å². The van der Waals surface area contributed by atoms with E-state index < -0.39 is 0 Å². The van der Waals surface area contributed by atoms with Gasteiger partial charge in [-0.3, -0.25) is 0 Å². The van der Waals surface area contributed by atoms with Crippen LogP contribution in [0.1, 0.15) is 5.56 Å². The van der Waals surface area contributed by atoms with Gasteiger partial charge in [0.15, 0.2) is 0 Å². The van der Waals surface area contributed by atoms with Gasteiger partial charge in [0.1, 0.15) is 11.0 Å². The summed E-state index contributed by atoms with van der Waals surface area (Å²) in [6.07, 6.45) is 0. The summed E-state index contributed by atoms with van der Waals surface area (Å²) in [5.41, 5.74) is 2.09. The van der Waals surface area contributed by atoms with Crippen molar-refractivity contribution in [2.75, 3.05) is 0 Å². The minimum absolute atomic E-state index is 0.0786. The maximum atomic E-state index is 12.8. The normalized spacial score (nSPS) is 10.5. The Labute approximate surface area is 102 Å². The van der Waals surface area contributed by atoms with Crippen molar-refractivity contribution in [3.05, 3.63) is 46.1 Å². The number of halogens is 3. The highest BCUT2D eigenvalue weighted by atomic mass is 35.5. The molecule has 1 heterocycles. The average Bonchev–Trinajstić information content (AvgIpc) is 2.25. The Morgan fingerprint density at radius 1 is 1.06 bits per heavy atom. The van der Waals surface area contributed by atoms with E-state index in [0.29, 0.717) is 10.8 Å². The molecule has 0 unspecified atom stereocenters. The first-order valence-electron chi connectivity index (χ1n) is 4.53. The minimum Gasteiger partial charge on any atom is -0.218 e. The molecular formula is C11H7Cl2FN2. The molecule has 2 rings (SSSR count). The molecule has 0 N–H and O–H groups in total. The molecule has 0 fully saturated rings. The number of rotatable bonds is 1. The minimum atomic E-state index is -0.298. The fraction of sp³-hybridized carbons (Fsp3) is 0.0909. The maximum absolute atomic E-state index is 12.8. The largest absolute Gasteiger partial charge is 0.224 e. The van der Waals surface area contributed by atoms with Crippen molar-refractivity contribution in [3.63, 3.8) is 0 Å². The zero-order valence-electron chi connectivity index (χ0n) is 8.34. The van der Waals surface area contributed by atoms with Crippen LogP contribution in [0.5, 0.6) is 0 Å². The van der Waals surface area contributed by atoms with Crippen molar-refractivity contribution in [3.8, 4) is 11.3 Å². The van der Waals surface area contributed by atoms with E-state index in [0.717, 1.165) is 11.1 Å². The first-order valence-corrected chi connectivity index (χ1v) is 5.29. The van der Waals surface area contributed by atoms with Gasteiger partial charge >= 0.3 is 0 Å². The SMILES string of the molecule is Cc1c(Cl)nc(Cl)nc1-c1ccc(F)cc1. The Morgan fingerprint density at radius 3 is 2.31 bits per heavy atom. The van der Waals surface area contributed by atoms with Crippen LogP contribution in [0.15, 0.2) is 24.3 Å². The number of hydrogen-bond donors (Lipinski definition) is 0. The highest BCUT2D eigenvalue weighted by molar-refractivity contribution is 6.32. The molecule has 16 heavy (non-hydrogen) atoms. The summed E-state index contributed by atoms with van der Waals surface area (Å²) in [4.78, 5) is 7.90. The number of benzene rings is 1. The van der Waals surface area contributed by atoms with Crippen LogP contribution >= 0.6 is 23.2 Å². The number of nitrogens with zero attached hydrogens (tertiary/aromatic N) is 2. The summed E-state index contributed by atoms with van der Waals surface area (Å²) in [7, 11) is 0. The van der Waals surface area contributed by atoms with Gasteiger partial charge in [0, 0.05) is 11.1 Å². The highest BCUT2D eigenvalue weighted by Gasteiger charge is 2.10. The Bertz CT molecular complexity index is 526. The smallest absolute Gasteiger partial charge is 0.218 e. The maximum Gasteiger partial charge on any atom is 0.224 e. The monoisotopic (exact) mass is 256 g/mol. The van der Waals surface area contributed by atoms with Crippen LogP contribution in [0.2, 0.25) is 10.4 Å². The lowest BCUT2D eigenvalue weighted by molar-refractivity contribution is 0.628. The molecule has 5 heteroatoms. The summed E-state index contributed by atoms with van der Waals surface area (Å²) in [5, 5.41) is 0.384. The molecule has 82 valence electrons. The van der Waals surface area contributed by atoms with Gasteiger partial charge in [-0.1, -0.05) is 11.6 Å². The standard InChI is InChI=1S/C11H7Cl2FN2/c1-6-9(15-11(13)16-10(6)12)7-2-4-8(14)5-3-7/h2-5H,1H3. The summed E-state index contributed by atoms with van der Waals surface area (Å²) >= 11 is 11.6. The lowest BCUT2D eigenvalue weighted by atomic mass is 10.1. The fourth-order valence-electron chi connectivity index (χ4n) is 1.35. The second-order valence-corrected chi connectivity index (χ2v) is 3.96. The van der Waals surface area contributed by atoms with Gasteiger partial charge in [-0.15, -0.1) is 0 Å². The molecule has 0 saturated carbocycles. The second kappa shape index (κ2) is 4.36. The lowest BCUT2D eigenvalue weighted by Crippen LogP contribution is -1.94. The predicted octanol–water partition coefficient (Wildman–Crippen LogP) is 3.90. The van der Waals surface area contributed by atoms with Gasteiger partial charge in [-0.05, 0) is 42.8 Å². The summed E-state index contributed by atoms with van der Waals surface area (Å²) in [6, 6.07) is 5.96. The lowest BCUT2D eigenvalue weighted by Gasteiger charge is -2.06. The van der Waals surface area contributed by atoms with Crippen molar-refractivity contribution >= 4 is 23.2 Å². The molecule has 0 aliphatic heterocycles. The van der Waals surface area contributed by atoms with Crippen LogP contribution in [0.4, 0.5) is 4.39 Å². The topological polar surface area (TPSA) is 25.8 Å². The molecule has 0 aliphatic rings. The molecule has 2 nitrogen and oxygen atoms in total. The predicted molar refractivity (Wildman–Crippen MR) is 62.2 cm³/mol. The average molecular weight is 257 g/mol. The van der Waals surface area contributed by atoms with Crippen LogP contribution in [0.25, 0.3) is 11.3 Å². The van der Waals surface area contributed by atoms with Gasteiger partial charge in [0.2, 0.25) is 5.28 Å². The number of aromatic nitrogens is 2. The third kappa shape index (κ3) is 2.15. The third-order valence-electron chi connectivity index (χ3n) is 2.18. The van der Waals surface area contributed by atoms with Gasteiger partial charge in [0.05, 0.1) is 5.69 Å². The molecule has 0 bridgehead atoms. The Kier molecular flexibility index (Phi) is 3.08. The molecule has 1 aromatic heterocycles. The zero-order valence-corrected chi connectivity index (χ0v) is 9.85. The van der Waals surface area contributed by atoms with E-state index in [2.05, 4.69) is 9.97 Å². The Hall–Kier alpha value is -1.19. The molecule has 0 radical (unpaired) electrons. The van der Waals surface area contributed by atoms with Crippen molar-refractivity contribution in [1.82, 2.24) is 9.97 Å². The first kappa shape index (κ1) is 11.3.